The van der Waals surface area contributed by atoms with E-state index in [2.05, 4.69) is 52.2 Å². The Morgan fingerprint density at radius 2 is 1.32 bits per heavy atom. The van der Waals surface area contributed by atoms with Gasteiger partial charge in [-0.05, 0) is 64.7 Å². The minimum absolute atomic E-state index is 0.0234. The van der Waals surface area contributed by atoms with E-state index in [1.165, 1.54) is 31.3 Å². The van der Waals surface area contributed by atoms with Gasteiger partial charge in [0.15, 0.2) is 5.96 Å². The molecule has 28 heteroatoms. The predicted octanol–water partition coefficient (Wildman–Crippen LogP) is -5.24. The number of aliphatic hydroxyl groups excluding tert-OH is 2. The Morgan fingerprint density at radius 1 is 0.746 bits per heavy atom. The maximum absolute atomic E-state index is 14.4. The summed E-state index contributed by atoms with van der Waals surface area (Å²) in [4.78, 5) is 144. The van der Waals surface area contributed by atoms with Gasteiger partial charge in [0.2, 0.25) is 47.3 Å². The Labute approximate surface area is 410 Å². The lowest BCUT2D eigenvalue weighted by Gasteiger charge is -2.32. The molecule has 1 fully saturated rings. The highest BCUT2D eigenvalue weighted by atomic mass is 16.4. The molecule has 8 amide bonds. The molecule has 0 bridgehead atoms. The van der Waals surface area contributed by atoms with E-state index < -0.39 is 138 Å². The van der Waals surface area contributed by atoms with Crippen LogP contribution in [0.5, 0.6) is 0 Å². The van der Waals surface area contributed by atoms with Crippen molar-refractivity contribution < 1.29 is 68.4 Å². The number of imidazole rings is 1. The standard InChI is InChI=1S/C43H72N14O14/c1-19(2)14-26(53-38(66)31(44)22(6)58)36(64)56-33(23(7)59)40(68)51-25(10-8-12-48-43(45)46)41(69)57-13-9-11-29(57)37(65)55-32(20(3)4)39(67)54-27(15-24-17-47-18-49-24)35(63)52-28(16-30(60)61)34(62)50-21(5)42(70)71/h17-23,25-29,31-33,58-59H,8-16,44H2,1-7H3,(H,47,49)(H,50,62)(H,51,68)(H,52,63)(H,53,66)(H,54,67)(H,55,65)(H,56,64)(H,60,61)(H,70,71)(H4,45,46,48)/t21-,22+,23+,25-,26-,27-,28-,29-,31-,32-,33-/m0/s1. The number of carboxylic acids is 2. The monoisotopic (exact) mass is 1010 g/mol. The van der Waals surface area contributed by atoms with E-state index in [1.807, 2.05) is 0 Å². The molecule has 71 heavy (non-hydrogen) atoms. The number of nitrogens with two attached hydrogens (primary N) is 3. The van der Waals surface area contributed by atoms with Crippen LogP contribution >= 0.6 is 0 Å². The van der Waals surface area contributed by atoms with Crippen molar-refractivity contribution in [2.24, 2.45) is 34.0 Å². The quantitative estimate of drug-likeness (QED) is 0.0203. The topological polar surface area (TPSA) is 458 Å². The number of nitrogens with one attached hydrogen (secondary N) is 8. The van der Waals surface area contributed by atoms with Crippen molar-refractivity contribution in [2.45, 2.75) is 160 Å². The SMILES string of the molecule is CC(C)C[C@H](NC(=O)[C@@H](N)[C@@H](C)O)C(=O)N[C@H](C(=O)N[C@@H](CCCN=C(N)N)C(=O)N1CCC[C@H]1C(=O)N[C@H](C(=O)N[C@@H](Cc1cnc[nH]1)C(=O)N[C@@H](CC(=O)O)C(=O)N[C@@H](C)C(=O)O)C(C)C)[C@@H](C)O. The molecule has 1 aromatic rings. The lowest BCUT2D eigenvalue weighted by atomic mass is 10.0. The van der Waals surface area contributed by atoms with Crippen molar-refractivity contribution in [1.29, 1.82) is 0 Å². The highest BCUT2D eigenvalue weighted by Gasteiger charge is 2.41. The van der Waals surface area contributed by atoms with Gasteiger partial charge in [-0.2, -0.15) is 0 Å². The van der Waals surface area contributed by atoms with Crippen LogP contribution < -0.4 is 54.4 Å². The van der Waals surface area contributed by atoms with Gasteiger partial charge < -0.3 is 84.7 Å². The number of aromatic amines is 1. The summed E-state index contributed by atoms with van der Waals surface area (Å²) in [5.41, 5.74) is 17.0. The third kappa shape index (κ3) is 19.8. The molecule has 28 nitrogen and oxygen atoms in total. The number of nitrogens with zero attached hydrogens (tertiary/aromatic N) is 3. The summed E-state index contributed by atoms with van der Waals surface area (Å²) < 4.78 is 0. The average Bonchev–Trinajstić information content (AvgIpc) is 3.99. The van der Waals surface area contributed by atoms with Gasteiger partial charge in [0.25, 0.3) is 0 Å². The molecular weight excluding hydrogens is 937 g/mol. The third-order valence-electron chi connectivity index (χ3n) is 11.2. The largest absolute Gasteiger partial charge is 0.481 e. The van der Waals surface area contributed by atoms with Crippen LogP contribution in [0, 0.1) is 11.8 Å². The molecule has 2 rings (SSSR count). The molecule has 18 N–H and O–H groups in total. The summed E-state index contributed by atoms with van der Waals surface area (Å²) in [6.07, 6.45) is -0.831. The summed E-state index contributed by atoms with van der Waals surface area (Å²) >= 11 is 0. The first kappa shape index (κ1) is 60.2. The number of carboxylic acid groups (broad SMARTS) is 2. The molecule has 1 saturated heterocycles. The number of H-pyrrole nitrogens is 1. The molecule has 0 aliphatic carbocycles. The summed E-state index contributed by atoms with van der Waals surface area (Å²) in [5.74, 6) is -11.3. The Bertz CT molecular complexity index is 2050. The number of aliphatic hydroxyl groups is 2. The zero-order valence-electron chi connectivity index (χ0n) is 41.0. The molecule has 0 spiro atoms. The highest BCUT2D eigenvalue weighted by Crippen LogP contribution is 2.21. The molecule has 1 aliphatic rings. The summed E-state index contributed by atoms with van der Waals surface area (Å²) in [7, 11) is 0. The van der Waals surface area contributed by atoms with Crippen molar-refractivity contribution in [3.05, 3.63) is 18.2 Å². The Hall–Kier alpha value is -6.94. The van der Waals surface area contributed by atoms with E-state index in [0.717, 1.165) is 6.92 Å². The number of guanidine groups is 1. The van der Waals surface area contributed by atoms with E-state index in [4.69, 9.17) is 17.2 Å². The van der Waals surface area contributed by atoms with Gasteiger partial charge in [-0.1, -0.05) is 27.7 Å². The van der Waals surface area contributed by atoms with Crippen LogP contribution in [-0.2, 0) is 54.4 Å². The fourth-order valence-electron chi connectivity index (χ4n) is 7.28. The van der Waals surface area contributed by atoms with Crippen LogP contribution in [0.15, 0.2) is 17.5 Å². The zero-order valence-corrected chi connectivity index (χ0v) is 41.0. The second kappa shape index (κ2) is 28.7. The van der Waals surface area contributed by atoms with E-state index in [1.54, 1.807) is 27.7 Å². The molecule has 0 unspecified atom stereocenters. The number of amides is 8. The summed E-state index contributed by atoms with van der Waals surface area (Å²) in [6, 6.07) is -13.0. The molecule has 0 aromatic carbocycles. The van der Waals surface area contributed by atoms with E-state index in [9.17, 15) is 68.4 Å². The fraction of sp³-hybridized carbons (Fsp3) is 0.674. The first-order chi connectivity index (χ1) is 33.1. The molecule has 0 radical (unpaired) electrons. The van der Waals surface area contributed by atoms with Crippen molar-refractivity contribution in [2.75, 3.05) is 13.1 Å². The predicted molar refractivity (Wildman–Crippen MR) is 252 cm³/mol. The molecular formula is C43H72N14O14. The summed E-state index contributed by atoms with van der Waals surface area (Å²) in [6.45, 7) is 10.4. The molecule has 1 aliphatic heterocycles. The number of rotatable bonds is 29. The number of hydrogen-bond donors (Lipinski definition) is 15. The van der Waals surface area contributed by atoms with Crippen LogP contribution in [0.1, 0.15) is 92.7 Å². The summed E-state index contributed by atoms with van der Waals surface area (Å²) in [5, 5.41) is 56.3. The van der Waals surface area contributed by atoms with Gasteiger partial charge >= 0.3 is 11.9 Å². The van der Waals surface area contributed by atoms with Crippen LogP contribution in [0.3, 0.4) is 0 Å². The molecule has 1 aromatic heterocycles. The highest BCUT2D eigenvalue weighted by molar-refractivity contribution is 5.99. The Kier molecular flexibility index (Phi) is 24.3. The van der Waals surface area contributed by atoms with Gasteiger partial charge in [0.05, 0.1) is 25.0 Å². The number of aliphatic carboxylic acids is 2. The van der Waals surface area contributed by atoms with Crippen molar-refractivity contribution >= 4 is 65.2 Å². The molecule has 11 atom stereocenters. The van der Waals surface area contributed by atoms with Crippen molar-refractivity contribution in [3.63, 3.8) is 0 Å². The fourth-order valence-corrected chi connectivity index (χ4v) is 7.28. The van der Waals surface area contributed by atoms with Crippen LogP contribution in [-0.4, -0.2) is 180 Å². The number of carbonyl (C=O) groups is 10. The van der Waals surface area contributed by atoms with Gasteiger partial charge in [-0.3, -0.25) is 52.9 Å². The normalized spacial score (nSPS) is 17.6. The Morgan fingerprint density at radius 3 is 1.86 bits per heavy atom. The van der Waals surface area contributed by atoms with Gasteiger partial charge in [0.1, 0.15) is 54.4 Å². The maximum atomic E-state index is 14.4. The molecule has 0 saturated carbocycles. The van der Waals surface area contributed by atoms with Gasteiger partial charge in [-0.15, -0.1) is 0 Å². The van der Waals surface area contributed by atoms with Crippen molar-refractivity contribution in [1.82, 2.24) is 52.1 Å². The number of aromatic nitrogens is 2. The lowest BCUT2D eigenvalue weighted by molar-refractivity contribution is -0.143. The molecule has 2 heterocycles. The number of likely N-dealkylation sites (tertiary alicyclic amines) is 1. The first-order valence-electron chi connectivity index (χ1n) is 23.2. The average molecular weight is 1010 g/mol. The first-order valence-corrected chi connectivity index (χ1v) is 23.2. The molecule has 398 valence electrons. The van der Waals surface area contributed by atoms with Crippen LogP contribution in [0.4, 0.5) is 0 Å². The van der Waals surface area contributed by atoms with Crippen LogP contribution in [0.25, 0.3) is 0 Å². The second-order valence-electron chi connectivity index (χ2n) is 18.2. The van der Waals surface area contributed by atoms with E-state index >= 15 is 0 Å². The van der Waals surface area contributed by atoms with Gasteiger partial charge in [-0.25, -0.2) is 4.98 Å². The minimum Gasteiger partial charge on any atom is -0.481 e. The second-order valence-corrected chi connectivity index (χ2v) is 18.2. The minimum atomic E-state index is -1.77. The smallest absolute Gasteiger partial charge is 0.325 e. The van der Waals surface area contributed by atoms with Crippen LogP contribution in [0.2, 0.25) is 0 Å². The number of hydrogen-bond acceptors (Lipinski definition) is 15. The van der Waals surface area contributed by atoms with E-state index in [0.29, 0.717) is 12.1 Å². The number of aliphatic imine (C=N–C) groups is 1. The lowest BCUT2D eigenvalue weighted by Crippen LogP contribution is -2.62. The van der Waals surface area contributed by atoms with Gasteiger partial charge in [0, 0.05) is 31.4 Å². The third-order valence-corrected chi connectivity index (χ3v) is 11.2. The van der Waals surface area contributed by atoms with E-state index in [-0.39, 0.29) is 57.1 Å². The maximum Gasteiger partial charge on any atom is 0.325 e. The zero-order chi connectivity index (χ0) is 53.9. The van der Waals surface area contributed by atoms with Crippen molar-refractivity contribution in [3.8, 4) is 0 Å². The number of carbonyl (C=O) groups excluding carboxylic acids is 8. The Balaban J connectivity index is 2.39.